The number of rotatable bonds is 5. The highest BCUT2D eigenvalue weighted by Crippen LogP contribution is 2.31. The molecule has 1 aliphatic carbocycles. The SMILES string of the molecule is O=C(CSc1nnc(-c2ccc(Br)cc2)o1)N1CCN(C(=O)C2CC2)CC1. The van der Waals surface area contributed by atoms with Crippen molar-refractivity contribution in [3.05, 3.63) is 28.7 Å². The molecular weight excluding hydrogens is 432 g/mol. The summed E-state index contributed by atoms with van der Waals surface area (Å²) in [4.78, 5) is 28.2. The van der Waals surface area contributed by atoms with E-state index in [0.717, 1.165) is 22.9 Å². The van der Waals surface area contributed by atoms with Crippen molar-refractivity contribution in [1.82, 2.24) is 20.0 Å². The van der Waals surface area contributed by atoms with Crippen LogP contribution in [0.15, 0.2) is 38.4 Å². The van der Waals surface area contributed by atoms with Gasteiger partial charge in [0.25, 0.3) is 5.22 Å². The van der Waals surface area contributed by atoms with Crippen molar-refractivity contribution in [2.24, 2.45) is 5.92 Å². The largest absolute Gasteiger partial charge is 0.411 e. The van der Waals surface area contributed by atoms with E-state index < -0.39 is 0 Å². The quantitative estimate of drug-likeness (QED) is 0.651. The molecule has 0 bridgehead atoms. The zero-order valence-corrected chi connectivity index (χ0v) is 17.0. The maximum Gasteiger partial charge on any atom is 0.277 e. The van der Waals surface area contributed by atoms with E-state index in [1.54, 1.807) is 4.90 Å². The van der Waals surface area contributed by atoms with Gasteiger partial charge in [-0.3, -0.25) is 9.59 Å². The Morgan fingerprint density at radius 3 is 2.41 bits per heavy atom. The molecule has 1 aromatic carbocycles. The van der Waals surface area contributed by atoms with Gasteiger partial charge in [-0.05, 0) is 37.1 Å². The first-order valence-electron chi connectivity index (χ1n) is 8.89. The van der Waals surface area contributed by atoms with E-state index in [-0.39, 0.29) is 23.5 Å². The van der Waals surface area contributed by atoms with Gasteiger partial charge in [-0.2, -0.15) is 0 Å². The van der Waals surface area contributed by atoms with Gasteiger partial charge in [-0.25, -0.2) is 0 Å². The molecular formula is C18H19BrN4O3S. The van der Waals surface area contributed by atoms with Crippen LogP contribution in [0.3, 0.4) is 0 Å². The minimum absolute atomic E-state index is 0.0295. The summed E-state index contributed by atoms with van der Waals surface area (Å²) in [5, 5.41) is 8.42. The van der Waals surface area contributed by atoms with Crippen LogP contribution < -0.4 is 0 Å². The van der Waals surface area contributed by atoms with E-state index in [0.29, 0.717) is 37.3 Å². The fraction of sp³-hybridized carbons (Fsp3) is 0.444. The van der Waals surface area contributed by atoms with Crippen LogP contribution in [-0.2, 0) is 9.59 Å². The van der Waals surface area contributed by atoms with Crippen molar-refractivity contribution in [2.75, 3.05) is 31.9 Å². The van der Waals surface area contributed by atoms with Crippen molar-refractivity contribution in [1.29, 1.82) is 0 Å². The minimum atomic E-state index is 0.0295. The van der Waals surface area contributed by atoms with Gasteiger partial charge in [0.2, 0.25) is 17.7 Å². The first kappa shape index (κ1) is 18.5. The summed E-state index contributed by atoms with van der Waals surface area (Å²) in [6.07, 6.45) is 2.03. The molecule has 1 saturated carbocycles. The van der Waals surface area contributed by atoms with Gasteiger partial charge in [0.15, 0.2) is 0 Å². The van der Waals surface area contributed by atoms with Crippen LogP contribution in [0, 0.1) is 5.92 Å². The molecule has 2 aromatic rings. The van der Waals surface area contributed by atoms with Crippen LogP contribution in [0.5, 0.6) is 0 Å². The molecule has 0 radical (unpaired) electrons. The number of thioether (sulfide) groups is 1. The summed E-state index contributed by atoms with van der Waals surface area (Å²) >= 11 is 4.63. The zero-order chi connectivity index (χ0) is 18.8. The summed E-state index contributed by atoms with van der Waals surface area (Å²) < 4.78 is 6.61. The number of benzene rings is 1. The number of carbonyl (C=O) groups excluding carboxylic acids is 2. The Labute approximate surface area is 169 Å². The molecule has 0 atom stereocenters. The molecule has 7 nitrogen and oxygen atoms in total. The second kappa shape index (κ2) is 8.02. The predicted octanol–water partition coefficient (Wildman–Crippen LogP) is 2.67. The number of nitrogens with zero attached hydrogens (tertiary/aromatic N) is 4. The molecule has 2 aliphatic rings. The molecule has 0 N–H and O–H groups in total. The van der Waals surface area contributed by atoms with Crippen LogP contribution in [0.25, 0.3) is 11.5 Å². The van der Waals surface area contributed by atoms with E-state index in [4.69, 9.17) is 4.42 Å². The molecule has 2 heterocycles. The fourth-order valence-electron chi connectivity index (χ4n) is 2.96. The third-order valence-electron chi connectivity index (χ3n) is 4.69. The summed E-state index contributed by atoms with van der Waals surface area (Å²) in [6, 6.07) is 7.59. The highest BCUT2D eigenvalue weighted by atomic mass is 79.9. The van der Waals surface area contributed by atoms with Crippen molar-refractivity contribution in [2.45, 2.75) is 18.1 Å². The lowest BCUT2D eigenvalue weighted by molar-refractivity contribution is -0.139. The monoisotopic (exact) mass is 450 g/mol. The number of carbonyl (C=O) groups is 2. The Balaban J connectivity index is 1.26. The van der Waals surface area contributed by atoms with Gasteiger partial charge in [0.1, 0.15) is 0 Å². The summed E-state index contributed by atoms with van der Waals surface area (Å²) in [5.41, 5.74) is 0.834. The Kier molecular flexibility index (Phi) is 5.49. The van der Waals surface area contributed by atoms with E-state index in [1.807, 2.05) is 29.2 Å². The molecule has 142 valence electrons. The van der Waals surface area contributed by atoms with E-state index >= 15 is 0 Å². The maximum atomic E-state index is 12.4. The second-order valence-corrected chi connectivity index (χ2v) is 8.49. The Morgan fingerprint density at radius 2 is 1.74 bits per heavy atom. The molecule has 9 heteroatoms. The van der Waals surface area contributed by atoms with Crippen LogP contribution in [0.4, 0.5) is 0 Å². The zero-order valence-electron chi connectivity index (χ0n) is 14.6. The number of aromatic nitrogens is 2. The van der Waals surface area contributed by atoms with E-state index in [1.165, 1.54) is 11.8 Å². The van der Waals surface area contributed by atoms with Crippen molar-refractivity contribution >= 4 is 39.5 Å². The lowest BCUT2D eigenvalue weighted by atomic mass is 10.2. The molecule has 0 unspecified atom stereocenters. The van der Waals surface area contributed by atoms with E-state index in [9.17, 15) is 9.59 Å². The third-order valence-corrected chi connectivity index (χ3v) is 6.02. The molecule has 1 aromatic heterocycles. The summed E-state index contributed by atoms with van der Waals surface area (Å²) in [6.45, 7) is 2.43. The Bertz CT molecular complexity index is 829. The van der Waals surface area contributed by atoms with Crippen molar-refractivity contribution < 1.29 is 14.0 Å². The van der Waals surface area contributed by atoms with Crippen LogP contribution >= 0.6 is 27.7 Å². The second-order valence-electron chi connectivity index (χ2n) is 6.65. The highest BCUT2D eigenvalue weighted by molar-refractivity contribution is 9.10. The topological polar surface area (TPSA) is 79.5 Å². The molecule has 2 fully saturated rings. The van der Waals surface area contributed by atoms with Crippen LogP contribution in [0.1, 0.15) is 12.8 Å². The van der Waals surface area contributed by atoms with Gasteiger partial charge < -0.3 is 14.2 Å². The van der Waals surface area contributed by atoms with Gasteiger partial charge in [-0.1, -0.05) is 27.7 Å². The fourth-order valence-corrected chi connectivity index (χ4v) is 3.89. The van der Waals surface area contributed by atoms with Gasteiger partial charge in [-0.15, -0.1) is 10.2 Å². The Morgan fingerprint density at radius 1 is 1.07 bits per heavy atom. The first-order chi connectivity index (χ1) is 13.1. The molecule has 0 spiro atoms. The molecule has 4 rings (SSSR count). The van der Waals surface area contributed by atoms with Gasteiger partial charge in [0.05, 0.1) is 5.75 Å². The van der Waals surface area contributed by atoms with Crippen LogP contribution in [-0.4, -0.2) is 63.7 Å². The van der Waals surface area contributed by atoms with Crippen molar-refractivity contribution in [3.63, 3.8) is 0 Å². The molecule has 1 aliphatic heterocycles. The average Bonchev–Trinajstić information content (AvgIpc) is 3.44. The molecule has 2 amide bonds. The van der Waals surface area contributed by atoms with Crippen molar-refractivity contribution in [3.8, 4) is 11.5 Å². The highest BCUT2D eigenvalue weighted by Gasteiger charge is 2.35. The standard InChI is InChI=1S/C18H19BrN4O3S/c19-14-5-3-12(4-6-14)16-20-21-18(26-16)27-11-15(24)22-7-9-23(10-8-22)17(25)13-1-2-13/h3-6,13H,1-2,7-11H2. The maximum absolute atomic E-state index is 12.4. The van der Waals surface area contributed by atoms with Crippen LogP contribution in [0.2, 0.25) is 0 Å². The normalized spacial score (nSPS) is 17.2. The predicted molar refractivity (Wildman–Crippen MR) is 104 cm³/mol. The number of piperazine rings is 1. The lowest BCUT2D eigenvalue weighted by Gasteiger charge is -2.34. The van der Waals surface area contributed by atoms with Gasteiger partial charge in [0, 0.05) is 42.1 Å². The minimum Gasteiger partial charge on any atom is -0.411 e. The number of hydrogen-bond donors (Lipinski definition) is 0. The number of amides is 2. The van der Waals surface area contributed by atoms with Gasteiger partial charge >= 0.3 is 0 Å². The Hall–Kier alpha value is -1.87. The number of hydrogen-bond acceptors (Lipinski definition) is 6. The summed E-state index contributed by atoms with van der Waals surface area (Å²) in [5.74, 6) is 1.20. The average molecular weight is 451 g/mol. The third kappa shape index (κ3) is 4.52. The molecule has 27 heavy (non-hydrogen) atoms. The van der Waals surface area contributed by atoms with E-state index in [2.05, 4.69) is 26.1 Å². The summed E-state index contributed by atoms with van der Waals surface area (Å²) in [7, 11) is 0. The molecule has 1 saturated heterocycles. The first-order valence-corrected chi connectivity index (χ1v) is 10.7. The lowest BCUT2D eigenvalue weighted by Crippen LogP contribution is -2.51. The number of halogens is 1. The smallest absolute Gasteiger partial charge is 0.277 e.